The Morgan fingerprint density at radius 3 is 2.22 bits per heavy atom. The van der Waals surface area contributed by atoms with E-state index in [0.29, 0.717) is 11.8 Å². The molecular formula is C15H29NO2. The van der Waals surface area contributed by atoms with Crippen LogP contribution >= 0.6 is 0 Å². The molecule has 1 fully saturated rings. The average Bonchev–Trinajstić information content (AvgIpc) is 2.26. The van der Waals surface area contributed by atoms with E-state index in [1.165, 1.54) is 25.9 Å². The molecule has 0 aromatic heterocycles. The summed E-state index contributed by atoms with van der Waals surface area (Å²) in [5.74, 6) is -0.678. The van der Waals surface area contributed by atoms with Gasteiger partial charge in [-0.3, -0.25) is 4.79 Å². The lowest BCUT2D eigenvalue weighted by molar-refractivity contribution is -0.137. The largest absolute Gasteiger partial charge is 0.481 e. The van der Waals surface area contributed by atoms with Crippen LogP contribution in [0.4, 0.5) is 0 Å². The van der Waals surface area contributed by atoms with Gasteiger partial charge in [0.2, 0.25) is 0 Å². The molecule has 3 nitrogen and oxygen atoms in total. The molecule has 0 spiro atoms. The van der Waals surface area contributed by atoms with Crippen molar-refractivity contribution < 1.29 is 9.90 Å². The highest BCUT2D eigenvalue weighted by molar-refractivity contribution is 5.66. The van der Waals surface area contributed by atoms with Crippen molar-refractivity contribution in [2.24, 2.45) is 10.8 Å². The molecule has 18 heavy (non-hydrogen) atoms. The van der Waals surface area contributed by atoms with Gasteiger partial charge in [-0.1, -0.05) is 27.7 Å². The van der Waals surface area contributed by atoms with Gasteiger partial charge in [0.25, 0.3) is 0 Å². The Kier molecular flexibility index (Phi) is 5.20. The second-order valence-electron chi connectivity index (χ2n) is 6.73. The molecule has 3 heteroatoms. The summed E-state index contributed by atoms with van der Waals surface area (Å²) in [5.41, 5.74) is 0.722. The van der Waals surface area contributed by atoms with Gasteiger partial charge in [-0.15, -0.1) is 0 Å². The van der Waals surface area contributed by atoms with Gasteiger partial charge in [-0.25, -0.2) is 0 Å². The number of rotatable bonds is 8. The molecule has 1 N–H and O–H groups in total. The third kappa shape index (κ3) is 4.27. The lowest BCUT2D eigenvalue weighted by atomic mass is 9.74. The topological polar surface area (TPSA) is 40.5 Å². The van der Waals surface area contributed by atoms with Gasteiger partial charge < -0.3 is 10.0 Å². The summed E-state index contributed by atoms with van der Waals surface area (Å²) in [7, 11) is 0. The van der Waals surface area contributed by atoms with E-state index in [1.807, 2.05) is 0 Å². The monoisotopic (exact) mass is 255 g/mol. The molecule has 1 aliphatic heterocycles. The lowest BCUT2D eigenvalue weighted by Gasteiger charge is -2.50. The standard InChI is InChI=1S/C15H29NO2/c1-5-15(6-2)11-16(12-15)10-9-14(3,4)8-7-13(17)18/h5-12H2,1-4H3,(H,17,18). The molecule has 0 aromatic rings. The third-order valence-corrected chi connectivity index (χ3v) is 4.74. The first kappa shape index (κ1) is 15.5. The first-order valence-electron chi connectivity index (χ1n) is 7.27. The van der Waals surface area contributed by atoms with Gasteiger partial charge in [0.1, 0.15) is 0 Å². The smallest absolute Gasteiger partial charge is 0.303 e. The van der Waals surface area contributed by atoms with E-state index in [4.69, 9.17) is 5.11 Å². The van der Waals surface area contributed by atoms with Crippen LogP contribution in [0.1, 0.15) is 59.8 Å². The van der Waals surface area contributed by atoms with Crippen LogP contribution in [0.25, 0.3) is 0 Å². The van der Waals surface area contributed by atoms with Crippen molar-refractivity contribution in [1.82, 2.24) is 4.90 Å². The van der Waals surface area contributed by atoms with E-state index in [2.05, 4.69) is 32.6 Å². The number of likely N-dealkylation sites (tertiary alicyclic amines) is 1. The van der Waals surface area contributed by atoms with E-state index >= 15 is 0 Å². The summed E-state index contributed by atoms with van der Waals surface area (Å²) >= 11 is 0. The van der Waals surface area contributed by atoms with Crippen LogP contribution in [0.15, 0.2) is 0 Å². The maximum Gasteiger partial charge on any atom is 0.303 e. The van der Waals surface area contributed by atoms with Crippen molar-refractivity contribution in [2.45, 2.75) is 59.8 Å². The highest BCUT2D eigenvalue weighted by Gasteiger charge is 2.39. The Morgan fingerprint density at radius 1 is 1.22 bits per heavy atom. The summed E-state index contributed by atoms with van der Waals surface area (Å²) in [5, 5.41) is 8.73. The molecular weight excluding hydrogens is 226 g/mol. The molecule has 0 atom stereocenters. The number of carboxylic acid groups (broad SMARTS) is 1. The van der Waals surface area contributed by atoms with Gasteiger partial charge in [0, 0.05) is 19.5 Å². The zero-order valence-electron chi connectivity index (χ0n) is 12.5. The summed E-state index contributed by atoms with van der Waals surface area (Å²) in [4.78, 5) is 13.1. The van der Waals surface area contributed by atoms with E-state index in [0.717, 1.165) is 19.4 Å². The second kappa shape index (κ2) is 6.05. The van der Waals surface area contributed by atoms with Crippen molar-refractivity contribution >= 4 is 5.97 Å². The molecule has 0 aliphatic carbocycles. The van der Waals surface area contributed by atoms with Gasteiger partial charge in [-0.05, 0) is 43.1 Å². The second-order valence-corrected chi connectivity index (χ2v) is 6.73. The SMILES string of the molecule is CCC1(CC)CN(CCC(C)(C)CCC(=O)O)C1. The molecule has 0 amide bonds. The highest BCUT2D eigenvalue weighted by Crippen LogP contribution is 2.38. The normalized spacial score (nSPS) is 19.6. The molecule has 1 rings (SSSR count). The quantitative estimate of drug-likeness (QED) is 0.722. The first-order valence-corrected chi connectivity index (χ1v) is 7.27. The Bertz CT molecular complexity index is 274. The maximum absolute atomic E-state index is 10.6. The van der Waals surface area contributed by atoms with E-state index in [-0.39, 0.29) is 5.41 Å². The Morgan fingerprint density at radius 2 is 1.78 bits per heavy atom. The van der Waals surface area contributed by atoms with Gasteiger partial charge >= 0.3 is 5.97 Å². The number of carboxylic acids is 1. The number of carbonyl (C=O) groups is 1. The third-order valence-electron chi connectivity index (χ3n) is 4.74. The first-order chi connectivity index (χ1) is 8.32. The molecule has 0 aromatic carbocycles. The average molecular weight is 255 g/mol. The molecule has 0 bridgehead atoms. The lowest BCUT2D eigenvalue weighted by Crippen LogP contribution is -2.56. The summed E-state index contributed by atoms with van der Waals surface area (Å²) in [6.07, 6.45) is 4.73. The van der Waals surface area contributed by atoms with Crippen molar-refractivity contribution in [1.29, 1.82) is 0 Å². The fraction of sp³-hybridized carbons (Fsp3) is 0.933. The van der Waals surface area contributed by atoms with Crippen LogP contribution in [0.3, 0.4) is 0 Å². The van der Waals surface area contributed by atoms with Crippen LogP contribution in [-0.2, 0) is 4.79 Å². The van der Waals surface area contributed by atoms with Crippen molar-refractivity contribution in [3.63, 3.8) is 0 Å². The number of hydrogen-bond acceptors (Lipinski definition) is 2. The number of aliphatic carboxylic acids is 1. The minimum absolute atomic E-state index is 0.148. The van der Waals surface area contributed by atoms with Crippen LogP contribution in [0.5, 0.6) is 0 Å². The van der Waals surface area contributed by atoms with Crippen LogP contribution in [0.2, 0.25) is 0 Å². The minimum Gasteiger partial charge on any atom is -0.481 e. The predicted molar refractivity (Wildman–Crippen MR) is 74.7 cm³/mol. The summed E-state index contributed by atoms with van der Waals surface area (Å²) in [6, 6.07) is 0. The van der Waals surface area contributed by atoms with Gasteiger partial charge in [0.15, 0.2) is 0 Å². The van der Waals surface area contributed by atoms with Crippen LogP contribution in [0, 0.1) is 10.8 Å². The van der Waals surface area contributed by atoms with Crippen molar-refractivity contribution in [3.8, 4) is 0 Å². The highest BCUT2D eigenvalue weighted by atomic mass is 16.4. The fourth-order valence-corrected chi connectivity index (χ4v) is 2.79. The Hall–Kier alpha value is -0.570. The van der Waals surface area contributed by atoms with E-state index in [9.17, 15) is 4.79 Å². The number of hydrogen-bond donors (Lipinski definition) is 1. The molecule has 1 aliphatic rings. The van der Waals surface area contributed by atoms with Gasteiger partial charge in [0.05, 0.1) is 0 Å². The summed E-state index contributed by atoms with van der Waals surface area (Å²) in [6.45, 7) is 12.5. The molecule has 0 saturated carbocycles. The van der Waals surface area contributed by atoms with Crippen LogP contribution in [-0.4, -0.2) is 35.6 Å². The zero-order valence-corrected chi connectivity index (χ0v) is 12.5. The molecule has 0 unspecified atom stereocenters. The van der Waals surface area contributed by atoms with E-state index in [1.54, 1.807) is 0 Å². The number of nitrogens with zero attached hydrogens (tertiary/aromatic N) is 1. The Labute approximate surface area is 112 Å². The zero-order chi connectivity index (χ0) is 13.8. The summed E-state index contributed by atoms with van der Waals surface area (Å²) < 4.78 is 0. The fourth-order valence-electron chi connectivity index (χ4n) is 2.79. The molecule has 1 heterocycles. The van der Waals surface area contributed by atoms with Gasteiger partial charge in [-0.2, -0.15) is 0 Å². The van der Waals surface area contributed by atoms with Crippen molar-refractivity contribution in [3.05, 3.63) is 0 Å². The van der Waals surface area contributed by atoms with E-state index < -0.39 is 5.97 Å². The Balaban J connectivity index is 2.24. The predicted octanol–water partition coefficient (Wildman–Crippen LogP) is 3.39. The minimum atomic E-state index is -0.678. The molecule has 1 saturated heterocycles. The van der Waals surface area contributed by atoms with Crippen LogP contribution < -0.4 is 0 Å². The molecule has 0 radical (unpaired) electrons. The molecule has 106 valence electrons. The maximum atomic E-state index is 10.6. The van der Waals surface area contributed by atoms with Crippen molar-refractivity contribution in [2.75, 3.05) is 19.6 Å².